The number of ketones is 2. The second-order valence-electron chi connectivity index (χ2n) is 13.4. The predicted molar refractivity (Wildman–Crippen MR) is 154 cm³/mol. The van der Waals surface area contributed by atoms with Gasteiger partial charge in [-0.25, -0.2) is 4.79 Å². The summed E-state index contributed by atoms with van der Waals surface area (Å²) in [5, 5.41) is 10.6. The molecule has 2 saturated carbocycles. The molecule has 5 amide bonds. The standard InChI is InChI=1S/C30H49N5O6/c1-17(2)20-14-15-35(23(20)27(39)32-16-21(36)26(38)31-6)28(40)25(30(3,4)5)34-29(41)33-22(24(37)19-12-13-19)18-10-8-7-9-11-18/h17-20,22-23,25H,7-16H2,1-6H3,(H,31,38)(H,32,39)(H2,33,34,41)/t20-,22+,23+,25-/m1/s1. The Morgan fingerprint density at radius 1 is 0.878 bits per heavy atom. The molecular formula is C30H49N5O6. The average molecular weight is 576 g/mol. The fraction of sp³-hybridized carbons (Fsp3) is 0.800. The molecule has 0 aromatic rings. The molecule has 1 heterocycles. The third-order valence-corrected chi connectivity index (χ3v) is 8.84. The number of urea groups is 1. The first-order valence-electron chi connectivity index (χ1n) is 15.2. The Labute approximate surface area is 243 Å². The van der Waals surface area contributed by atoms with Gasteiger partial charge in [-0.1, -0.05) is 53.9 Å². The van der Waals surface area contributed by atoms with Crippen LogP contribution in [0, 0.1) is 29.1 Å². The molecular weight excluding hydrogens is 526 g/mol. The maximum atomic E-state index is 14.0. The Balaban J connectivity index is 1.76. The van der Waals surface area contributed by atoms with Gasteiger partial charge in [0, 0.05) is 19.5 Å². The fourth-order valence-corrected chi connectivity index (χ4v) is 6.23. The highest BCUT2D eigenvalue weighted by atomic mass is 16.2. The zero-order valence-corrected chi connectivity index (χ0v) is 25.5. The van der Waals surface area contributed by atoms with Gasteiger partial charge < -0.3 is 26.2 Å². The van der Waals surface area contributed by atoms with E-state index in [0.717, 1.165) is 44.9 Å². The molecule has 11 heteroatoms. The maximum absolute atomic E-state index is 14.0. The molecule has 1 saturated heterocycles. The molecule has 3 rings (SSSR count). The zero-order chi connectivity index (χ0) is 30.5. The number of hydrogen-bond acceptors (Lipinski definition) is 6. The van der Waals surface area contributed by atoms with Gasteiger partial charge in [-0.05, 0) is 55.3 Å². The Morgan fingerprint density at radius 3 is 2.05 bits per heavy atom. The number of nitrogens with zero attached hydrogens (tertiary/aromatic N) is 1. The number of amides is 5. The van der Waals surface area contributed by atoms with Crippen LogP contribution in [0.1, 0.15) is 86.0 Å². The lowest BCUT2D eigenvalue weighted by Gasteiger charge is -2.37. The van der Waals surface area contributed by atoms with Crippen molar-refractivity contribution in [3.8, 4) is 0 Å². The molecule has 4 atom stereocenters. The molecule has 0 bridgehead atoms. The van der Waals surface area contributed by atoms with Gasteiger partial charge in [0.1, 0.15) is 12.1 Å². The fourth-order valence-electron chi connectivity index (χ4n) is 6.23. The summed E-state index contributed by atoms with van der Waals surface area (Å²) in [5.74, 6) is -2.36. The molecule has 230 valence electrons. The zero-order valence-electron chi connectivity index (χ0n) is 25.5. The summed E-state index contributed by atoms with van der Waals surface area (Å²) in [6.45, 7) is 9.34. The summed E-state index contributed by atoms with van der Waals surface area (Å²) in [6, 6.07) is -2.92. The lowest BCUT2D eigenvalue weighted by atomic mass is 9.81. The van der Waals surface area contributed by atoms with Crippen LogP contribution < -0.4 is 21.3 Å². The minimum atomic E-state index is -0.959. The maximum Gasteiger partial charge on any atom is 0.316 e. The summed E-state index contributed by atoms with van der Waals surface area (Å²) >= 11 is 0. The van der Waals surface area contributed by atoms with Gasteiger partial charge >= 0.3 is 6.03 Å². The van der Waals surface area contributed by atoms with Crippen molar-refractivity contribution in [2.45, 2.75) is 104 Å². The van der Waals surface area contributed by atoms with Gasteiger partial charge in [0.25, 0.3) is 5.91 Å². The Morgan fingerprint density at radius 2 is 1.51 bits per heavy atom. The van der Waals surface area contributed by atoms with Crippen LogP contribution in [0.2, 0.25) is 0 Å². The first kappa shape index (κ1) is 32.5. The van der Waals surface area contributed by atoms with Crippen LogP contribution in [0.4, 0.5) is 4.79 Å². The lowest BCUT2D eigenvalue weighted by Crippen LogP contribution is -2.61. The van der Waals surface area contributed by atoms with E-state index in [1.165, 1.54) is 11.9 Å². The van der Waals surface area contributed by atoms with E-state index >= 15 is 0 Å². The highest BCUT2D eigenvalue weighted by molar-refractivity contribution is 6.37. The van der Waals surface area contributed by atoms with Crippen LogP contribution in [0.5, 0.6) is 0 Å². The number of rotatable bonds is 11. The topological polar surface area (TPSA) is 154 Å². The third kappa shape index (κ3) is 8.29. The van der Waals surface area contributed by atoms with Crippen LogP contribution in [0.15, 0.2) is 0 Å². The van der Waals surface area contributed by atoms with Crippen molar-refractivity contribution in [3.05, 3.63) is 0 Å². The first-order valence-corrected chi connectivity index (χ1v) is 15.2. The first-order chi connectivity index (χ1) is 19.3. The SMILES string of the molecule is CNC(=O)C(=O)CNC(=O)[C@@H]1[C@@H](C(C)C)CCN1C(=O)[C@@H](NC(=O)N[C@H](C(=O)C1CC1)C1CCCCC1)C(C)(C)C. The largest absolute Gasteiger partial charge is 0.353 e. The minimum absolute atomic E-state index is 0.00870. The Kier molecular flexibility index (Phi) is 10.9. The lowest BCUT2D eigenvalue weighted by molar-refractivity contribution is -0.143. The van der Waals surface area contributed by atoms with Crippen molar-refractivity contribution in [1.82, 2.24) is 26.2 Å². The van der Waals surface area contributed by atoms with Gasteiger partial charge in [-0.3, -0.25) is 24.0 Å². The van der Waals surface area contributed by atoms with Crippen molar-refractivity contribution in [2.24, 2.45) is 29.1 Å². The van der Waals surface area contributed by atoms with E-state index in [-0.39, 0.29) is 29.5 Å². The Bertz CT molecular complexity index is 1010. The summed E-state index contributed by atoms with van der Waals surface area (Å²) in [5.41, 5.74) is -0.693. The predicted octanol–water partition coefficient (Wildman–Crippen LogP) is 1.93. The third-order valence-electron chi connectivity index (χ3n) is 8.84. The number of nitrogens with one attached hydrogen (secondary N) is 4. The summed E-state index contributed by atoms with van der Waals surface area (Å²) in [6.07, 6.45) is 7.31. The van der Waals surface area contributed by atoms with Gasteiger partial charge in [-0.15, -0.1) is 0 Å². The normalized spacial score (nSPS) is 23.0. The monoisotopic (exact) mass is 575 g/mol. The van der Waals surface area contributed by atoms with Gasteiger partial charge in [0.05, 0.1) is 12.6 Å². The average Bonchev–Trinajstić information content (AvgIpc) is 3.69. The van der Waals surface area contributed by atoms with E-state index in [1.807, 2.05) is 34.6 Å². The van der Waals surface area contributed by atoms with Crippen LogP contribution >= 0.6 is 0 Å². The molecule has 41 heavy (non-hydrogen) atoms. The van der Waals surface area contributed by atoms with Crippen molar-refractivity contribution in [2.75, 3.05) is 20.1 Å². The van der Waals surface area contributed by atoms with Crippen molar-refractivity contribution in [1.29, 1.82) is 0 Å². The van der Waals surface area contributed by atoms with Gasteiger partial charge in [0.2, 0.25) is 17.6 Å². The van der Waals surface area contributed by atoms with Crippen molar-refractivity contribution < 1.29 is 28.8 Å². The van der Waals surface area contributed by atoms with Crippen molar-refractivity contribution in [3.63, 3.8) is 0 Å². The molecule has 0 aromatic heterocycles. The van der Waals surface area contributed by atoms with Crippen LogP contribution in [0.3, 0.4) is 0 Å². The molecule has 3 fully saturated rings. The minimum Gasteiger partial charge on any atom is -0.353 e. The number of Topliss-reactive ketones (excluding diaryl/α,β-unsaturated/α-hetero) is 2. The molecule has 1 aliphatic heterocycles. The summed E-state index contributed by atoms with van der Waals surface area (Å²) in [7, 11) is 1.34. The Hall–Kier alpha value is -2.98. The van der Waals surface area contributed by atoms with Crippen LogP contribution in [-0.4, -0.2) is 78.5 Å². The highest BCUT2D eigenvalue weighted by Crippen LogP contribution is 2.36. The molecule has 2 aliphatic carbocycles. The molecule has 0 radical (unpaired) electrons. The van der Waals surface area contributed by atoms with E-state index in [1.54, 1.807) is 0 Å². The van der Waals surface area contributed by atoms with E-state index in [2.05, 4.69) is 21.3 Å². The molecule has 0 aromatic carbocycles. The second-order valence-corrected chi connectivity index (χ2v) is 13.4. The van der Waals surface area contributed by atoms with Crippen LogP contribution in [-0.2, 0) is 24.0 Å². The van der Waals surface area contributed by atoms with Crippen LogP contribution in [0.25, 0.3) is 0 Å². The molecule has 4 N–H and O–H groups in total. The van der Waals surface area contributed by atoms with E-state index in [4.69, 9.17) is 0 Å². The number of carbonyl (C=O) groups is 6. The smallest absolute Gasteiger partial charge is 0.316 e. The molecule has 3 aliphatic rings. The van der Waals surface area contributed by atoms with Crippen molar-refractivity contribution >= 4 is 35.3 Å². The quantitative estimate of drug-likeness (QED) is 0.276. The number of hydrogen-bond donors (Lipinski definition) is 4. The van der Waals surface area contributed by atoms with E-state index in [9.17, 15) is 28.8 Å². The van der Waals surface area contributed by atoms with Gasteiger partial charge in [-0.2, -0.15) is 0 Å². The number of likely N-dealkylation sites (N-methyl/N-ethyl adjacent to an activating group) is 1. The molecule has 0 unspecified atom stereocenters. The second kappa shape index (κ2) is 13.8. The highest BCUT2D eigenvalue weighted by Gasteiger charge is 2.47. The molecule has 11 nitrogen and oxygen atoms in total. The summed E-state index contributed by atoms with van der Waals surface area (Å²) < 4.78 is 0. The molecule has 0 spiro atoms. The van der Waals surface area contributed by atoms with E-state index in [0.29, 0.717) is 13.0 Å². The van der Waals surface area contributed by atoms with E-state index < -0.39 is 59.6 Å². The van der Waals surface area contributed by atoms with Gasteiger partial charge in [0.15, 0.2) is 5.78 Å². The number of likely N-dealkylation sites (tertiary alicyclic amines) is 1. The number of carbonyl (C=O) groups excluding carboxylic acids is 6. The summed E-state index contributed by atoms with van der Waals surface area (Å²) in [4.78, 5) is 79.0.